The molecule has 10 heteroatoms. The van der Waals surface area contributed by atoms with Gasteiger partial charge in [0.1, 0.15) is 12.9 Å². The quantitative estimate of drug-likeness (QED) is 0.620. The van der Waals surface area contributed by atoms with Crippen molar-refractivity contribution in [2.24, 2.45) is 0 Å². The topological polar surface area (TPSA) is 93.0 Å². The lowest BCUT2D eigenvalue weighted by Gasteiger charge is -2.09. The average Bonchev–Trinajstić information content (AvgIpc) is 2.24. The molecule has 7 nitrogen and oxygen atoms in total. The maximum atomic E-state index is 12.0. The minimum atomic E-state index is -4.49. The number of alkyl halides is 3. The number of halogens is 3. The molecule has 0 fully saturated rings. The number of hydrogen-bond acceptors (Lipinski definition) is 6. The lowest BCUT2D eigenvalue weighted by atomic mass is 10.4. The van der Waals surface area contributed by atoms with Crippen molar-refractivity contribution < 1.29 is 18.1 Å². The van der Waals surface area contributed by atoms with Gasteiger partial charge in [-0.05, 0) is 0 Å². The summed E-state index contributed by atoms with van der Waals surface area (Å²) in [5, 5.41) is 14.9. The third kappa shape index (κ3) is 3.43. The van der Waals surface area contributed by atoms with Crippen molar-refractivity contribution >= 4 is 17.3 Å². The minimum Gasteiger partial charge on any atom is -0.367 e. The van der Waals surface area contributed by atoms with E-state index in [0.717, 1.165) is 6.33 Å². The Morgan fingerprint density at radius 3 is 2.47 bits per heavy atom. The zero-order chi connectivity index (χ0) is 13.1. The number of hydrogen-bond donors (Lipinski definition) is 2. The molecule has 0 amide bonds. The Bertz CT molecular complexity index is 422. The molecule has 0 spiro atoms. The number of nitro groups is 1. The molecule has 0 atom stereocenters. The molecule has 1 aromatic heterocycles. The van der Waals surface area contributed by atoms with Crippen LogP contribution in [-0.2, 0) is 0 Å². The zero-order valence-corrected chi connectivity index (χ0v) is 8.58. The summed E-state index contributed by atoms with van der Waals surface area (Å²) in [6, 6.07) is 0. The molecule has 94 valence electrons. The first-order valence-corrected chi connectivity index (χ1v) is 4.33. The van der Waals surface area contributed by atoms with Gasteiger partial charge in [-0.15, -0.1) is 0 Å². The van der Waals surface area contributed by atoms with E-state index in [1.54, 1.807) is 0 Å². The van der Waals surface area contributed by atoms with Gasteiger partial charge in [0.05, 0.1) is 4.92 Å². The molecular formula is C7H8F3N5O2. The summed E-state index contributed by atoms with van der Waals surface area (Å²) >= 11 is 0. The van der Waals surface area contributed by atoms with Gasteiger partial charge in [-0.25, -0.2) is 9.97 Å². The SMILES string of the molecule is CNc1ncnc(NCC(F)(F)F)c1[N+](=O)[O-]. The van der Waals surface area contributed by atoms with Crippen molar-refractivity contribution in [1.82, 2.24) is 9.97 Å². The Morgan fingerprint density at radius 1 is 1.41 bits per heavy atom. The first-order chi connectivity index (χ1) is 7.85. The van der Waals surface area contributed by atoms with Gasteiger partial charge in [-0.1, -0.05) is 0 Å². The molecule has 1 rings (SSSR count). The second-order valence-electron chi connectivity index (χ2n) is 2.90. The Kier molecular flexibility index (Phi) is 3.66. The third-order valence-electron chi connectivity index (χ3n) is 1.70. The number of nitrogens with zero attached hydrogens (tertiary/aromatic N) is 3. The summed E-state index contributed by atoms with van der Waals surface area (Å²) in [6.07, 6.45) is -3.56. The van der Waals surface area contributed by atoms with Crippen LogP contribution in [0.3, 0.4) is 0 Å². The highest BCUT2D eigenvalue weighted by Crippen LogP contribution is 2.29. The minimum absolute atomic E-state index is 0.158. The predicted molar refractivity (Wildman–Crippen MR) is 52.8 cm³/mol. The summed E-state index contributed by atoms with van der Waals surface area (Å²) < 4.78 is 35.9. The third-order valence-corrected chi connectivity index (χ3v) is 1.70. The van der Waals surface area contributed by atoms with Crippen LogP contribution in [0, 0.1) is 10.1 Å². The van der Waals surface area contributed by atoms with Crippen LogP contribution in [0.2, 0.25) is 0 Å². The van der Waals surface area contributed by atoms with Crippen LogP contribution in [0.1, 0.15) is 0 Å². The average molecular weight is 251 g/mol. The van der Waals surface area contributed by atoms with Gasteiger partial charge in [0.2, 0.25) is 11.6 Å². The highest BCUT2D eigenvalue weighted by atomic mass is 19.4. The Morgan fingerprint density at radius 2 is 2.00 bits per heavy atom. The number of nitrogens with one attached hydrogen (secondary N) is 2. The van der Waals surface area contributed by atoms with Gasteiger partial charge in [0, 0.05) is 7.05 Å². The largest absolute Gasteiger partial charge is 0.405 e. The van der Waals surface area contributed by atoms with Crippen molar-refractivity contribution in [3.05, 3.63) is 16.4 Å². The van der Waals surface area contributed by atoms with E-state index < -0.39 is 29.1 Å². The number of aromatic nitrogens is 2. The maximum absolute atomic E-state index is 12.0. The molecule has 1 aromatic rings. The van der Waals surface area contributed by atoms with Crippen molar-refractivity contribution in [3.63, 3.8) is 0 Å². The highest BCUT2D eigenvalue weighted by molar-refractivity contribution is 5.68. The number of rotatable bonds is 4. The lowest BCUT2D eigenvalue weighted by Crippen LogP contribution is -2.22. The van der Waals surface area contributed by atoms with Gasteiger partial charge < -0.3 is 10.6 Å². The summed E-state index contributed by atoms with van der Waals surface area (Å²) in [7, 11) is 1.36. The molecule has 0 saturated heterocycles. The summed E-state index contributed by atoms with van der Waals surface area (Å²) in [5.74, 6) is -0.638. The summed E-state index contributed by atoms with van der Waals surface area (Å²) in [6.45, 7) is -1.41. The molecule has 0 aliphatic rings. The molecule has 0 saturated carbocycles. The van der Waals surface area contributed by atoms with E-state index in [1.807, 2.05) is 5.32 Å². The highest BCUT2D eigenvalue weighted by Gasteiger charge is 2.30. The van der Waals surface area contributed by atoms with Crippen LogP contribution in [-0.4, -0.2) is 34.7 Å². The molecule has 0 aliphatic heterocycles. The van der Waals surface area contributed by atoms with E-state index >= 15 is 0 Å². The fourth-order valence-electron chi connectivity index (χ4n) is 1.05. The van der Waals surface area contributed by atoms with E-state index in [4.69, 9.17) is 0 Å². The monoisotopic (exact) mass is 251 g/mol. The Balaban J connectivity index is 3.02. The van der Waals surface area contributed by atoms with Crippen LogP contribution in [0.5, 0.6) is 0 Å². The second-order valence-corrected chi connectivity index (χ2v) is 2.90. The first kappa shape index (κ1) is 12.9. The standard InChI is InChI=1S/C7H8F3N5O2/c1-11-5-4(15(16)17)6(14-3-13-5)12-2-7(8,9)10/h3H,2H2,1H3,(H2,11,12,13,14). The normalized spacial score (nSPS) is 11.1. The van der Waals surface area contributed by atoms with Gasteiger partial charge in [0.15, 0.2) is 0 Å². The molecule has 17 heavy (non-hydrogen) atoms. The number of anilines is 2. The molecular weight excluding hydrogens is 243 g/mol. The van der Waals surface area contributed by atoms with E-state index in [2.05, 4.69) is 15.3 Å². The molecule has 0 aliphatic carbocycles. The van der Waals surface area contributed by atoms with Crippen LogP contribution >= 0.6 is 0 Å². The van der Waals surface area contributed by atoms with Crippen molar-refractivity contribution in [1.29, 1.82) is 0 Å². The predicted octanol–water partition coefficient (Wildman–Crippen LogP) is 1.40. The van der Waals surface area contributed by atoms with E-state index in [0.29, 0.717) is 0 Å². The Labute approximate surface area is 93.2 Å². The second kappa shape index (κ2) is 4.80. The molecule has 2 N–H and O–H groups in total. The van der Waals surface area contributed by atoms with Gasteiger partial charge in [-0.2, -0.15) is 13.2 Å². The van der Waals surface area contributed by atoms with Crippen molar-refractivity contribution in [2.45, 2.75) is 6.18 Å². The van der Waals surface area contributed by atoms with E-state index in [-0.39, 0.29) is 5.82 Å². The van der Waals surface area contributed by atoms with Crippen molar-refractivity contribution in [2.75, 3.05) is 24.2 Å². The maximum Gasteiger partial charge on any atom is 0.405 e. The molecule has 1 heterocycles. The molecule has 0 radical (unpaired) electrons. The van der Waals surface area contributed by atoms with E-state index in [9.17, 15) is 23.3 Å². The summed E-state index contributed by atoms with van der Waals surface area (Å²) in [5.41, 5.74) is -0.626. The zero-order valence-electron chi connectivity index (χ0n) is 8.58. The molecule has 0 bridgehead atoms. The van der Waals surface area contributed by atoms with Crippen LogP contribution in [0.15, 0.2) is 6.33 Å². The van der Waals surface area contributed by atoms with E-state index in [1.165, 1.54) is 7.05 Å². The van der Waals surface area contributed by atoms with Crippen molar-refractivity contribution in [3.8, 4) is 0 Å². The van der Waals surface area contributed by atoms with Crippen LogP contribution in [0.25, 0.3) is 0 Å². The van der Waals surface area contributed by atoms with Crippen LogP contribution < -0.4 is 10.6 Å². The van der Waals surface area contributed by atoms with Gasteiger partial charge >= 0.3 is 11.9 Å². The fraction of sp³-hybridized carbons (Fsp3) is 0.429. The first-order valence-electron chi connectivity index (χ1n) is 4.33. The fourth-order valence-corrected chi connectivity index (χ4v) is 1.05. The molecule has 0 unspecified atom stereocenters. The Hall–Kier alpha value is -2.13. The van der Waals surface area contributed by atoms with Crippen LogP contribution in [0.4, 0.5) is 30.5 Å². The lowest BCUT2D eigenvalue weighted by molar-refractivity contribution is -0.383. The van der Waals surface area contributed by atoms with Gasteiger partial charge in [-0.3, -0.25) is 10.1 Å². The summed E-state index contributed by atoms with van der Waals surface area (Å²) in [4.78, 5) is 16.8. The molecule has 0 aromatic carbocycles. The smallest absolute Gasteiger partial charge is 0.367 e. The van der Waals surface area contributed by atoms with Gasteiger partial charge in [0.25, 0.3) is 0 Å².